The highest BCUT2D eigenvalue weighted by atomic mass is 16.5. The molecule has 1 atom stereocenters. The number of rotatable bonds is 8. The van der Waals surface area contributed by atoms with Crippen molar-refractivity contribution in [2.75, 3.05) is 20.8 Å². The molecule has 0 saturated heterocycles. The zero-order valence-electron chi connectivity index (χ0n) is 18.7. The van der Waals surface area contributed by atoms with Gasteiger partial charge in [-0.25, -0.2) is 9.97 Å². The number of hydrogen-bond acceptors (Lipinski definition) is 4. The van der Waals surface area contributed by atoms with Crippen molar-refractivity contribution < 1.29 is 9.47 Å². The number of H-pyrrole nitrogens is 1. The monoisotopic (exact) mass is 395 g/mol. The van der Waals surface area contributed by atoms with Crippen LogP contribution in [0.4, 0.5) is 0 Å². The summed E-state index contributed by atoms with van der Waals surface area (Å²) in [6.45, 7) is 11.5. The molecule has 3 aromatic heterocycles. The Labute approximate surface area is 173 Å². The number of ether oxygens (including phenoxy) is 2. The van der Waals surface area contributed by atoms with Gasteiger partial charge in [0.05, 0.1) is 29.4 Å². The van der Waals surface area contributed by atoms with Gasteiger partial charge >= 0.3 is 0 Å². The Hall–Kier alpha value is -2.40. The molecule has 1 N–H and O–H groups in total. The molecule has 0 radical (unpaired) electrons. The molecule has 5 nitrogen and oxygen atoms in total. The number of methoxy groups -OCH3 is 2. The molecule has 0 aliphatic rings. The van der Waals surface area contributed by atoms with Crippen molar-refractivity contribution in [2.45, 2.75) is 53.4 Å². The molecule has 0 aliphatic heterocycles. The molecule has 29 heavy (non-hydrogen) atoms. The Balaban J connectivity index is 2.14. The maximum Gasteiger partial charge on any atom is 0.222 e. The fraction of sp³-hybridized carbons (Fsp3) is 0.500. The summed E-state index contributed by atoms with van der Waals surface area (Å²) >= 11 is 0. The lowest BCUT2D eigenvalue weighted by Gasteiger charge is -2.17. The lowest BCUT2D eigenvalue weighted by Crippen LogP contribution is -2.07. The fourth-order valence-electron chi connectivity index (χ4n) is 3.86. The van der Waals surface area contributed by atoms with Crippen LogP contribution in [-0.2, 0) is 11.2 Å². The molecule has 0 aliphatic carbocycles. The molecule has 156 valence electrons. The van der Waals surface area contributed by atoms with E-state index in [-0.39, 0.29) is 0 Å². The summed E-state index contributed by atoms with van der Waals surface area (Å²) in [4.78, 5) is 13.2. The number of fused-ring (bicyclic) bond motifs is 1. The summed E-state index contributed by atoms with van der Waals surface area (Å²) in [6, 6.07) is 4.18. The van der Waals surface area contributed by atoms with E-state index < -0.39 is 0 Å². The van der Waals surface area contributed by atoms with Crippen molar-refractivity contribution in [3.05, 3.63) is 40.7 Å². The SMILES string of the molecule is COCC(C)CCc1c(C)c(-c2ccc(C(C)C)nc2OC)nc2c(C)c[nH]c12. The molecule has 0 bridgehead atoms. The molecule has 5 heteroatoms. The van der Waals surface area contributed by atoms with Gasteiger partial charge in [0.2, 0.25) is 5.88 Å². The molecule has 0 fully saturated rings. The highest BCUT2D eigenvalue weighted by Gasteiger charge is 2.20. The van der Waals surface area contributed by atoms with Gasteiger partial charge in [-0.2, -0.15) is 0 Å². The van der Waals surface area contributed by atoms with E-state index in [1.54, 1.807) is 14.2 Å². The van der Waals surface area contributed by atoms with Gasteiger partial charge in [-0.05, 0) is 67.3 Å². The molecular weight excluding hydrogens is 362 g/mol. The van der Waals surface area contributed by atoms with E-state index in [9.17, 15) is 0 Å². The lowest BCUT2D eigenvalue weighted by atomic mass is 9.94. The minimum absolute atomic E-state index is 0.347. The van der Waals surface area contributed by atoms with Crippen molar-refractivity contribution in [3.63, 3.8) is 0 Å². The van der Waals surface area contributed by atoms with E-state index in [2.05, 4.69) is 51.7 Å². The Morgan fingerprint density at radius 2 is 1.83 bits per heavy atom. The number of aromatic nitrogens is 3. The van der Waals surface area contributed by atoms with Gasteiger partial charge in [-0.3, -0.25) is 0 Å². The maximum atomic E-state index is 5.66. The van der Waals surface area contributed by atoms with Crippen LogP contribution in [0.15, 0.2) is 18.3 Å². The van der Waals surface area contributed by atoms with E-state index in [0.717, 1.165) is 53.0 Å². The smallest absolute Gasteiger partial charge is 0.222 e. The number of aromatic amines is 1. The van der Waals surface area contributed by atoms with E-state index in [4.69, 9.17) is 19.4 Å². The van der Waals surface area contributed by atoms with Gasteiger partial charge in [-0.1, -0.05) is 20.8 Å². The second-order valence-electron chi connectivity index (χ2n) is 8.31. The van der Waals surface area contributed by atoms with Crippen molar-refractivity contribution >= 4 is 11.0 Å². The Morgan fingerprint density at radius 3 is 2.48 bits per heavy atom. The number of nitrogens with one attached hydrogen (secondary N) is 1. The van der Waals surface area contributed by atoms with Crippen LogP contribution >= 0.6 is 0 Å². The summed E-state index contributed by atoms with van der Waals surface area (Å²) in [5, 5.41) is 0. The Kier molecular flexibility index (Phi) is 6.58. The van der Waals surface area contributed by atoms with Crippen molar-refractivity contribution in [3.8, 4) is 17.1 Å². The zero-order chi connectivity index (χ0) is 21.1. The van der Waals surface area contributed by atoms with Gasteiger partial charge in [0.15, 0.2) is 0 Å². The first-order valence-corrected chi connectivity index (χ1v) is 10.4. The Bertz CT molecular complexity index is 991. The van der Waals surface area contributed by atoms with Crippen LogP contribution in [0, 0.1) is 19.8 Å². The molecule has 1 unspecified atom stereocenters. The number of pyridine rings is 2. The first-order valence-electron chi connectivity index (χ1n) is 10.4. The van der Waals surface area contributed by atoms with Crippen molar-refractivity contribution in [2.24, 2.45) is 5.92 Å². The molecule has 0 amide bonds. The second kappa shape index (κ2) is 8.95. The largest absolute Gasteiger partial charge is 0.480 e. The third-order valence-corrected chi connectivity index (χ3v) is 5.64. The van der Waals surface area contributed by atoms with Gasteiger partial charge in [-0.15, -0.1) is 0 Å². The van der Waals surface area contributed by atoms with Crippen LogP contribution in [0.3, 0.4) is 0 Å². The van der Waals surface area contributed by atoms with Crippen molar-refractivity contribution in [1.82, 2.24) is 15.0 Å². The highest BCUT2D eigenvalue weighted by Crippen LogP contribution is 2.36. The van der Waals surface area contributed by atoms with Gasteiger partial charge in [0, 0.05) is 25.6 Å². The second-order valence-corrected chi connectivity index (χ2v) is 8.31. The van der Waals surface area contributed by atoms with Crippen molar-refractivity contribution in [1.29, 1.82) is 0 Å². The standard InChI is InChI=1S/C24H33N3O2/c1-14(2)20-11-10-19(24(26-20)29-7)22-17(5)18(9-8-15(3)13-28-6)23-21(27-22)16(4)12-25-23/h10-12,14-15,25H,8-9,13H2,1-7H3. The highest BCUT2D eigenvalue weighted by molar-refractivity contribution is 5.87. The number of aryl methyl sites for hydroxylation is 2. The van der Waals surface area contributed by atoms with Gasteiger partial charge in [0.25, 0.3) is 0 Å². The minimum atomic E-state index is 0.347. The Morgan fingerprint density at radius 1 is 1.07 bits per heavy atom. The normalized spacial score (nSPS) is 12.7. The molecule has 0 spiro atoms. The first kappa shape index (κ1) is 21.3. The number of nitrogens with zero attached hydrogens (tertiary/aromatic N) is 2. The zero-order valence-corrected chi connectivity index (χ0v) is 18.7. The van der Waals surface area contributed by atoms with Gasteiger partial charge < -0.3 is 14.5 Å². The quantitative estimate of drug-likeness (QED) is 0.540. The maximum absolute atomic E-state index is 5.66. The summed E-state index contributed by atoms with van der Waals surface area (Å²) < 4.78 is 11.0. The van der Waals surface area contributed by atoms with E-state index >= 15 is 0 Å². The van der Waals surface area contributed by atoms with E-state index in [1.807, 2.05) is 6.20 Å². The van der Waals surface area contributed by atoms with Crippen LogP contribution < -0.4 is 4.74 Å². The summed E-state index contributed by atoms with van der Waals surface area (Å²) in [7, 11) is 3.44. The summed E-state index contributed by atoms with van der Waals surface area (Å²) in [5.41, 5.74) is 8.73. The molecule has 3 aromatic rings. The predicted octanol–water partition coefficient (Wildman–Crippen LogP) is 5.59. The lowest BCUT2D eigenvalue weighted by molar-refractivity contribution is 0.156. The third kappa shape index (κ3) is 4.30. The molecular formula is C24H33N3O2. The molecule has 0 saturated carbocycles. The van der Waals surface area contributed by atoms with Crippen LogP contribution in [-0.4, -0.2) is 35.8 Å². The van der Waals surface area contributed by atoms with Crippen LogP contribution in [0.1, 0.15) is 55.5 Å². The summed E-state index contributed by atoms with van der Waals surface area (Å²) in [5.74, 6) is 1.49. The summed E-state index contributed by atoms with van der Waals surface area (Å²) in [6.07, 6.45) is 4.08. The van der Waals surface area contributed by atoms with E-state index in [1.165, 1.54) is 11.1 Å². The van der Waals surface area contributed by atoms with Gasteiger partial charge in [0.1, 0.15) is 0 Å². The average Bonchev–Trinajstić information content (AvgIpc) is 3.07. The van der Waals surface area contributed by atoms with Crippen LogP contribution in [0.2, 0.25) is 0 Å². The minimum Gasteiger partial charge on any atom is -0.480 e. The topological polar surface area (TPSA) is 60.0 Å². The molecule has 0 aromatic carbocycles. The molecule has 3 heterocycles. The first-order chi connectivity index (χ1) is 13.9. The number of hydrogen-bond donors (Lipinski definition) is 1. The third-order valence-electron chi connectivity index (χ3n) is 5.64. The van der Waals surface area contributed by atoms with E-state index in [0.29, 0.717) is 17.7 Å². The van der Waals surface area contributed by atoms with Crippen LogP contribution in [0.25, 0.3) is 22.3 Å². The predicted molar refractivity (Wildman–Crippen MR) is 119 cm³/mol. The molecule has 3 rings (SSSR count). The average molecular weight is 396 g/mol. The fourth-order valence-corrected chi connectivity index (χ4v) is 3.86. The van der Waals surface area contributed by atoms with Crippen LogP contribution in [0.5, 0.6) is 5.88 Å².